The standard InChI is InChI=1S/C18H18ClN5O2S/c1-11-4-6-14(8-12(11)2)24-18(21-22-23-24)27-10-17(25)20-15-9-13(19)5-7-16(15)26-3/h4-9H,10H2,1-3H3,(H,20,25). The molecule has 0 bridgehead atoms. The van der Waals surface area contributed by atoms with Crippen LogP contribution in [-0.4, -0.2) is 39.0 Å². The number of nitrogens with one attached hydrogen (secondary N) is 1. The Balaban J connectivity index is 1.69. The van der Waals surface area contributed by atoms with Crippen molar-refractivity contribution < 1.29 is 9.53 Å². The van der Waals surface area contributed by atoms with Crippen molar-refractivity contribution in [3.63, 3.8) is 0 Å². The van der Waals surface area contributed by atoms with E-state index in [1.165, 1.54) is 24.4 Å². The van der Waals surface area contributed by atoms with Crippen molar-refractivity contribution in [3.8, 4) is 11.4 Å². The van der Waals surface area contributed by atoms with Crippen molar-refractivity contribution in [1.82, 2.24) is 20.2 Å². The summed E-state index contributed by atoms with van der Waals surface area (Å²) in [6.45, 7) is 4.07. The van der Waals surface area contributed by atoms with Crippen molar-refractivity contribution in [1.29, 1.82) is 0 Å². The minimum Gasteiger partial charge on any atom is -0.495 e. The Morgan fingerprint density at radius 1 is 1.22 bits per heavy atom. The fourth-order valence-electron chi connectivity index (χ4n) is 2.38. The highest BCUT2D eigenvalue weighted by atomic mass is 35.5. The largest absolute Gasteiger partial charge is 0.495 e. The lowest BCUT2D eigenvalue weighted by Gasteiger charge is -2.10. The van der Waals surface area contributed by atoms with Gasteiger partial charge in [-0.05, 0) is 65.7 Å². The van der Waals surface area contributed by atoms with E-state index < -0.39 is 0 Å². The average molecular weight is 404 g/mol. The SMILES string of the molecule is COc1ccc(Cl)cc1NC(=O)CSc1nnnn1-c1ccc(C)c(C)c1. The Morgan fingerprint density at radius 2 is 2.04 bits per heavy atom. The Labute approximate surface area is 166 Å². The van der Waals surface area contributed by atoms with Crippen molar-refractivity contribution in [3.05, 3.63) is 52.5 Å². The number of tetrazole rings is 1. The maximum atomic E-state index is 12.3. The summed E-state index contributed by atoms with van der Waals surface area (Å²) in [5.74, 6) is 0.467. The summed E-state index contributed by atoms with van der Waals surface area (Å²) in [5, 5.41) is 15.6. The Kier molecular flexibility index (Phi) is 5.98. The van der Waals surface area contributed by atoms with Crippen LogP contribution in [0.25, 0.3) is 5.69 Å². The number of aryl methyl sites for hydroxylation is 2. The fraction of sp³-hybridized carbons (Fsp3) is 0.222. The van der Waals surface area contributed by atoms with E-state index in [9.17, 15) is 4.79 Å². The van der Waals surface area contributed by atoms with E-state index in [0.29, 0.717) is 21.6 Å². The summed E-state index contributed by atoms with van der Waals surface area (Å²) >= 11 is 7.23. The first kappa shape index (κ1) is 19.2. The van der Waals surface area contributed by atoms with E-state index in [1.54, 1.807) is 22.9 Å². The molecule has 1 aromatic heterocycles. The fourth-order valence-corrected chi connectivity index (χ4v) is 3.25. The summed E-state index contributed by atoms with van der Waals surface area (Å²) < 4.78 is 6.85. The molecule has 0 saturated heterocycles. The van der Waals surface area contributed by atoms with Gasteiger partial charge >= 0.3 is 0 Å². The molecule has 27 heavy (non-hydrogen) atoms. The number of halogens is 1. The van der Waals surface area contributed by atoms with Crippen LogP contribution in [0.4, 0.5) is 5.69 Å². The van der Waals surface area contributed by atoms with Gasteiger partial charge in [0.05, 0.1) is 24.2 Å². The summed E-state index contributed by atoms with van der Waals surface area (Å²) in [4.78, 5) is 12.3. The molecule has 0 unspecified atom stereocenters. The van der Waals surface area contributed by atoms with Crippen LogP contribution in [0.5, 0.6) is 5.75 Å². The topological polar surface area (TPSA) is 81.9 Å². The number of amides is 1. The first-order valence-corrected chi connectivity index (χ1v) is 9.46. The number of rotatable bonds is 6. The molecule has 3 aromatic rings. The number of thioether (sulfide) groups is 1. The molecular weight excluding hydrogens is 386 g/mol. The number of ether oxygens (including phenoxy) is 1. The van der Waals surface area contributed by atoms with Gasteiger partial charge in [-0.2, -0.15) is 4.68 Å². The van der Waals surface area contributed by atoms with Gasteiger partial charge in [-0.15, -0.1) is 5.10 Å². The zero-order valence-corrected chi connectivity index (χ0v) is 16.6. The summed E-state index contributed by atoms with van der Waals surface area (Å²) in [6, 6.07) is 11.0. The zero-order chi connectivity index (χ0) is 19.4. The van der Waals surface area contributed by atoms with E-state index in [4.69, 9.17) is 16.3 Å². The molecule has 0 aliphatic heterocycles. The van der Waals surface area contributed by atoms with Crippen molar-refractivity contribution >= 4 is 35.0 Å². The zero-order valence-electron chi connectivity index (χ0n) is 15.1. The van der Waals surface area contributed by atoms with Gasteiger partial charge in [0.15, 0.2) is 0 Å². The molecule has 2 aromatic carbocycles. The molecule has 7 nitrogen and oxygen atoms in total. The summed E-state index contributed by atoms with van der Waals surface area (Å²) in [5.41, 5.74) is 3.70. The number of benzene rings is 2. The number of hydrogen-bond donors (Lipinski definition) is 1. The van der Waals surface area contributed by atoms with Crippen molar-refractivity contribution in [2.24, 2.45) is 0 Å². The van der Waals surface area contributed by atoms with Gasteiger partial charge in [0.25, 0.3) is 0 Å². The lowest BCUT2D eigenvalue weighted by molar-refractivity contribution is -0.113. The molecule has 1 heterocycles. The second-order valence-corrected chi connectivity index (χ2v) is 7.20. The average Bonchev–Trinajstić information content (AvgIpc) is 3.11. The van der Waals surface area contributed by atoms with E-state index in [2.05, 4.69) is 20.8 Å². The molecular formula is C18H18ClN5O2S. The number of aromatic nitrogens is 4. The van der Waals surface area contributed by atoms with E-state index in [1.807, 2.05) is 32.0 Å². The van der Waals surface area contributed by atoms with Gasteiger partial charge in [-0.1, -0.05) is 29.4 Å². The van der Waals surface area contributed by atoms with Crippen LogP contribution >= 0.6 is 23.4 Å². The molecule has 0 saturated carbocycles. The number of carbonyl (C=O) groups excluding carboxylic acids is 1. The molecule has 1 amide bonds. The second kappa shape index (κ2) is 8.41. The van der Waals surface area contributed by atoms with Crippen LogP contribution in [0, 0.1) is 13.8 Å². The van der Waals surface area contributed by atoms with Gasteiger partial charge in [0.2, 0.25) is 11.1 Å². The van der Waals surface area contributed by atoms with Gasteiger partial charge in [0, 0.05) is 5.02 Å². The highest BCUT2D eigenvalue weighted by Crippen LogP contribution is 2.28. The lowest BCUT2D eigenvalue weighted by Crippen LogP contribution is -2.15. The van der Waals surface area contributed by atoms with E-state index >= 15 is 0 Å². The van der Waals surface area contributed by atoms with Crippen LogP contribution in [0.2, 0.25) is 5.02 Å². The molecule has 1 N–H and O–H groups in total. The number of nitrogens with zero attached hydrogens (tertiary/aromatic N) is 4. The Morgan fingerprint density at radius 3 is 2.78 bits per heavy atom. The quantitative estimate of drug-likeness (QED) is 0.632. The van der Waals surface area contributed by atoms with Crippen LogP contribution in [0.1, 0.15) is 11.1 Å². The third-order valence-electron chi connectivity index (χ3n) is 3.94. The molecule has 3 rings (SSSR count). The lowest BCUT2D eigenvalue weighted by atomic mass is 10.1. The number of methoxy groups -OCH3 is 1. The predicted molar refractivity (Wildman–Crippen MR) is 106 cm³/mol. The summed E-state index contributed by atoms with van der Waals surface area (Å²) in [7, 11) is 1.53. The first-order chi connectivity index (χ1) is 13.0. The predicted octanol–water partition coefficient (Wildman–Crippen LogP) is 3.67. The molecule has 0 aliphatic rings. The molecule has 9 heteroatoms. The minimum atomic E-state index is -0.213. The third-order valence-corrected chi connectivity index (χ3v) is 5.10. The number of anilines is 1. The smallest absolute Gasteiger partial charge is 0.234 e. The first-order valence-electron chi connectivity index (χ1n) is 8.10. The maximum Gasteiger partial charge on any atom is 0.234 e. The van der Waals surface area contributed by atoms with E-state index in [-0.39, 0.29) is 11.7 Å². The molecule has 0 fully saturated rings. The van der Waals surface area contributed by atoms with Crippen molar-refractivity contribution in [2.75, 3.05) is 18.2 Å². The normalized spacial score (nSPS) is 10.7. The third kappa shape index (κ3) is 4.58. The van der Waals surface area contributed by atoms with Crippen LogP contribution in [-0.2, 0) is 4.79 Å². The Hall–Kier alpha value is -2.58. The van der Waals surface area contributed by atoms with Gasteiger partial charge in [-0.3, -0.25) is 4.79 Å². The van der Waals surface area contributed by atoms with Crippen LogP contribution in [0.15, 0.2) is 41.6 Å². The van der Waals surface area contributed by atoms with E-state index in [0.717, 1.165) is 11.3 Å². The maximum absolute atomic E-state index is 12.3. The highest BCUT2D eigenvalue weighted by molar-refractivity contribution is 7.99. The number of carbonyl (C=O) groups is 1. The molecule has 0 radical (unpaired) electrons. The van der Waals surface area contributed by atoms with Gasteiger partial charge < -0.3 is 10.1 Å². The number of hydrogen-bond acceptors (Lipinski definition) is 6. The minimum absolute atomic E-state index is 0.140. The second-order valence-electron chi connectivity index (χ2n) is 5.82. The highest BCUT2D eigenvalue weighted by Gasteiger charge is 2.14. The van der Waals surface area contributed by atoms with Crippen LogP contribution < -0.4 is 10.1 Å². The van der Waals surface area contributed by atoms with Gasteiger partial charge in [-0.25, -0.2) is 0 Å². The van der Waals surface area contributed by atoms with Crippen molar-refractivity contribution in [2.45, 2.75) is 19.0 Å². The van der Waals surface area contributed by atoms with Gasteiger partial charge in [0.1, 0.15) is 5.75 Å². The summed E-state index contributed by atoms with van der Waals surface area (Å²) in [6.07, 6.45) is 0. The molecule has 140 valence electrons. The Bertz CT molecular complexity index is 976. The molecule has 0 atom stereocenters. The monoisotopic (exact) mass is 403 g/mol. The molecule has 0 spiro atoms. The molecule has 0 aliphatic carbocycles. The van der Waals surface area contributed by atoms with Crippen LogP contribution in [0.3, 0.4) is 0 Å².